The molecule has 1 amide bonds. The van der Waals surface area contributed by atoms with Gasteiger partial charge in [-0.2, -0.15) is 0 Å². The number of nitrogens with zero attached hydrogens (tertiary/aromatic N) is 1. The summed E-state index contributed by atoms with van der Waals surface area (Å²) in [6.07, 6.45) is 4.29. The van der Waals surface area contributed by atoms with Crippen LogP contribution in [0.1, 0.15) is 32.6 Å². The fraction of sp³-hybridized carbons (Fsp3) is 0.909. The Bertz CT molecular complexity index is 242. The van der Waals surface area contributed by atoms with Crippen molar-refractivity contribution in [3.05, 3.63) is 0 Å². The van der Waals surface area contributed by atoms with Crippen molar-refractivity contribution in [1.29, 1.82) is 0 Å². The molecule has 2 fully saturated rings. The molecule has 0 bridgehead atoms. The molecule has 2 aliphatic rings. The maximum absolute atomic E-state index is 11.7. The number of amides is 1. The molecular weight excluding hydrogens is 190 g/mol. The first-order valence-corrected chi connectivity index (χ1v) is 5.86. The van der Waals surface area contributed by atoms with Crippen LogP contribution in [0, 0.1) is 0 Å². The highest BCUT2D eigenvalue weighted by Crippen LogP contribution is 2.34. The lowest BCUT2D eigenvalue weighted by molar-refractivity contribution is -0.123. The Labute approximate surface area is 91.2 Å². The molecule has 0 aromatic rings. The van der Waals surface area contributed by atoms with Crippen LogP contribution in [0.4, 0.5) is 0 Å². The number of hydrogen-bond donors (Lipinski definition) is 2. The predicted octanol–water partition coefficient (Wildman–Crippen LogP) is 0.0782. The van der Waals surface area contributed by atoms with Gasteiger partial charge in [0.2, 0.25) is 5.91 Å². The van der Waals surface area contributed by atoms with Gasteiger partial charge in [0.25, 0.3) is 0 Å². The van der Waals surface area contributed by atoms with Gasteiger partial charge in [-0.15, -0.1) is 0 Å². The molecule has 0 spiro atoms. The summed E-state index contributed by atoms with van der Waals surface area (Å²) in [6.45, 7) is 4.58. The summed E-state index contributed by atoms with van der Waals surface area (Å²) in [5.41, 5.74) is 5.93. The molecule has 15 heavy (non-hydrogen) atoms. The van der Waals surface area contributed by atoms with E-state index in [0.717, 1.165) is 38.8 Å². The molecule has 0 aromatic heterocycles. The maximum Gasteiger partial charge on any atom is 0.234 e. The Balaban J connectivity index is 1.70. The third kappa shape index (κ3) is 3.18. The number of rotatable bonds is 3. The average molecular weight is 211 g/mol. The van der Waals surface area contributed by atoms with E-state index in [4.69, 9.17) is 5.73 Å². The second-order valence-electron chi connectivity index (χ2n) is 5.22. The number of carbonyl (C=O) groups is 1. The van der Waals surface area contributed by atoms with Crippen molar-refractivity contribution in [2.75, 3.05) is 19.6 Å². The molecule has 0 atom stereocenters. The molecule has 0 radical (unpaired) electrons. The van der Waals surface area contributed by atoms with Crippen LogP contribution in [0.3, 0.4) is 0 Å². The molecule has 0 unspecified atom stereocenters. The van der Waals surface area contributed by atoms with Gasteiger partial charge in [-0.05, 0) is 32.6 Å². The van der Waals surface area contributed by atoms with Crippen molar-refractivity contribution < 1.29 is 4.79 Å². The lowest BCUT2D eigenvalue weighted by atomic mass is 10.1. The minimum atomic E-state index is 0.114. The van der Waals surface area contributed by atoms with Crippen LogP contribution in [0.5, 0.6) is 0 Å². The highest BCUT2D eigenvalue weighted by molar-refractivity contribution is 5.79. The summed E-state index contributed by atoms with van der Waals surface area (Å²) in [6, 6.07) is 0.338. The van der Waals surface area contributed by atoms with Gasteiger partial charge >= 0.3 is 0 Å². The van der Waals surface area contributed by atoms with Crippen LogP contribution in [-0.4, -0.2) is 42.0 Å². The normalized spacial score (nSPS) is 26.3. The zero-order chi connectivity index (χ0) is 10.9. The topological polar surface area (TPSA) is 58.4 Å². The van der Waals surface area contributed by atoms with E-state index < -0.39 is 0 Å². The fourth-order valence-corrected chi connectivity index (χ4v) is 2.00. The summed E-state index contributed by atoms with van der Waals surface area (Å²) in [7, 11) is 0. The number of likely N-dealkylation sites (tertiary alicyclic amines) is 1. The summed E-state index contributed by atoms with van der Waals surface area (Å²) in [5, 5.41) is 3.08. The number of piperidine rings is 1. The lowest BCUT2D eigenvalue weighted by Crippen LogP contribution is -2.46. The van der Waals surface area contributed by atoms with Crippen LogP contribution in [-0.2, 0) is 4.79 Å². The maximum atomic E-state index is 11.7. The van der Waals surface area contributed by atoms with Crippen molar-refractivity contribution >= 4 is 5.91 Å². The van der Waals surface area contributed by atoms with Crippen LogP contribution in [0.15, 0.2) is 0 Å². The highest BCUT2D eigenvalue weighted by Gasteiger charge is 2.38. The third-order valence-electron chi connectivity index (χ3n) is 3.44. The Kier molecular flexibility index (Phi) is 2.98. The van der Waals surface area contributed by atoms with Crippen LogP contribution in [0.2, 0.25) is 0 Å². The van der Waals surface area contributed by atoms with Crippen LogP contribution >= 0.6 is 0 Å². The highest BCUT2D eigenvalue weighted by atomic mass is 16.2. The Morgan fingerprint density at radius 1 is 1.47 bits per heavy atom. The summed E-state index contributed by atoms with van der Waals surface area (Å²) in [4.78, 5) is 13.9. The quantitative estimate of drug-likeness (QED) is 0.695. The lowest BCUT2D eigenvalue weighted by Gasteiger charge is -2.29. The van der Waals surface area contributed by atoms with Gasteiger partial charge in [0.05, 0.1) is 6.54 Å². The number of nitrogens with one attached hydrogen (secondary N) is 1. The van der Waals surface area contributed by atoms with Gasteiger partial charge in [0, 0.05) is 24.7 Å². The third-order valence-corrected chi connectivity index (χ3v) is 3.44. The van der Waals surface area contributed by atoms with E-state index in [1.807, 2.05) is 0 Å². The average Bonchev–Trinajstić information content (AvgIpc) is 2.87. The monoisotopic (exact) mass is 211 g/mol. The van der Waals surface area contributed by atoms with E-state index in [9.17, 15) is 4.79 Å². The number of nitrogens with two attached hydrogens (primary N) is 1. The standard InChI is InChI=1S/C11H21N3O/c1-11(4-5-11)13-10(15)8-14-6-2-9(12)3-7-14/h9H,2-8,12H2,1H3,(H,13,15). The number of hydrogen-bond acceptors (Lipinski definition) is 3. The molecule has 2 rings (SSSR count). The Morgan fingerprint density at radius 2 is 2.07 bits per heavy atom. The van der Waals surface area contributed by atoms with E-state index in [1.54, 1.807) is 0 Å². The first-order valence-electron chi connectivity index (χ1n) is 5.86. The summed E-state index contributed by atoms with van der Waals surface area (Å²) in [5.74, 6) is 0.172. The second kappa shape index (κ2) is 4.10. The molecule has 1 saturated carbocycles. The first-order chi connectivity index (χ1) is 7.07. The van der Waals surface area contributed by atoms with Gasteiger partial charge in [0.15, 0.2) is 0 Å². The van der Waals surface area contributed by atoms with Gasteiger partial charge in [-0.25, -0.2) is 0 Å². The molecule has 4 heteroatoms. The van der Waals surface area contributed by atoms with E-state index in [2.05, 4.69) is 17.1 Å². The Hall–Kier alpha value is -0.610. The molecule has 1 heterocycles. The smallest absolute Gasteiger partial charge is 0.234 e. The zero-order valence-electron chi connectivity index (χ0n) is 9.46. The predicted molar refractivity (Wildman–Crippen MR) is 59.4 cm³/mol. The number of carbonyl (C=O) groups excluding carboxylic acids is 1. The molecule has 1 aliphatic carbocycles. The molecule has 4 nitrogen and oxygen atoms in total. The van der Waals surface area contributed by atoms with Gasteiger partial charge in [0.1, 0.15) is 0 Å². The van der Waals surface area contributed by atoms with Crippen molar-refractivity contribution in [2.24, 2.45) is 5.73 Å². The SMILES string of the molecule is CC1(NC(=O)CN2CCC(N)CC2)CC1. The minimum Gasteiger partial charge on any atom is -0.350 e. The zero-order valence-corrected chi connectivity index (χ0v) is 9.46. The first kappa shape index (κ1) is 10.9. The van der Waals surface area contributed by atoms with Crippen molar-refractivity contribution in [1.82, 2.24) is 10.2 Å². The van der Waals surface area contributed by atoms with E-state index in [-0.39, 0.29) is 11.4 Å². The molecule has 0 aromatic carbocycles. The van der Waals surface area contributed by atoms with Gasteiger partial charge < -0.3 is 11.1 Å². The second-order valence-corrected chi connectivity index (χ2v) is 5.22. The molecule has 1 saturated heterocycles. The van der Waals surface area contributed by atoms with Crippen molar-refractivity contribution in [2.45, 2.75) is 44.2 Å². The van der Waals surface area contributed by atoms with Crippen molar-refractivity contribution in [3.8, 4) is 0 Å². The molecule has 3 N–H and O–H groups in total. The summed E-state index contributed by atoms with van der Waals surface area (Å²) >= 11 is 0. The van der Waals surface area contributed by atoms with E-state index >= 15 is 0 Å². The van der Waals surface area contributed by atoms with Crippen LogP contribution in [0.25, 0.3) is 0 Å². The minimum absolute atomic E-state index is 0.114. The van der Waals surface area contributed by atoms with Gasteiger partial charge in [-0.1, -0.05) is 0 Å². The molecule has 1 aliphatic heterocycles. The van der Waals surface area contributed by atoms with Crippen molar-refractivity contribution in [3.63, 3.8) is 0 Å². The summed E-state index contributed by atoms with van der Waals surface area (Å²) < 4.78 is 0. The van der Waals surface area contributed by atoms with Gasteiger partial charge in [-0.3, -0.25) is 9.69 Å². The van der Waals surface area contributed by atoms with E-state index in [0.29, 0.717) is 12.6 Å². The van der Waals surface area contributed by atoms with Crippen LogP contribution < -0.4 is 11.1 Å². The largest absolute Gasteiger partial charge is 0.350 e. The Morgan fingerprint density at radius 3 is 2.60 bits per heavy atom. The van der Waals surface area contributed by atoms with E-state index in [1.165, 1.54) is 0 Å². The molecule has 86 valence electrons. The fourth-order valence-electron chi connectivity index (χ4n) is 2.00. The molecular formula is C11H21N3O.